The van der Waals surface area contributed by atoms with Gasteiger partial charge < -0.3 is 10.1 Å². The van der Waals surface area contributed by atoms with E-state index in [-0.39, 0.29) is 5.97 Å². The number of carbonyl (C=O) groups excluding carboxylic acids is 1. The molecule has 1 spiro atoms. The predicted molar refractivity (Wildman–Crippen MR) is 82.2 cm³/mol. The maximum absolute atomic E-state index is 11.6. The highest BCUT2D eigenvalue weighted by atomic mass is 16.5. The summed E-state index contributed by atoms with van der Waals surface area (Å²) in [6.45, 7) is 5.61. The van der Waals surface area contributed by atoms with Gasteiger partial charge in [-0.15, -0.1) is 0 Å². The van der Waals surface area contributed by atoms with Crippen LogP contribution in [-0.2, 0) is 11.3 Å². The summed E-state index contributed by atoms with van der Waals surface area (Å²) in [5.74, 6) is -0.256. The smallest absolute Gasteiger partial charge is 0.337 e. The summed E-state index contributed by atoms with van der Waals surface area (Å²) in [5, 5.41) is 3.46. The number of benzene rings is 1. The van der Waals surface area contributed by atoms with E-state index in [1.807, 2.05) is 18.2 Å². The molecular formula is C17H24N2O2. The van der Waals surface area contributed by atoms with Crippen LogP contribution >= 0.6 is 0 Å². The SMILES string of the molecule is COC(=O)c1cccc(CN2CCC3(CCNCC3)C2)c1. The molecule has 1 aromatic carbocycles. The lowest BCUT2D eigenvalue weighted by molar-refractivity contribution is 0.0600. The van der Waals surface area contributed by atoms with Gasteiger partial charge in [-0.1, -0.05) is 12.1 Å². The molecule has 1 aromatic rings. The number of esters is 1. The van der Waals surface area contributed by atoms with E-state index in [1.165, 1.54) is 45.0 Å². The monoisotopic (exact) mass is 288 g/mol. The van der Waals surface area contributed by atoms with Crippen molar-refractivity contribution < 1.29 is 9.53 Å². The van der Waals surface area contributed by atoms with Crippen LogP contribution in [0.3, 0.4) is 0 Å². The highest BCUT2D eigenvalue weighted by Crippen LogP contribution is 2.38. The van der Waals surface area contributed by atoms with Gasteiger partial charge in [0.25, 0.3) is 0 Å². The first kappa shape index (κ1) is 14.5. The number of carbonyl (C=O) groups is 1. The Hall–Kier alpha value is -1.39. The normalized spacial score (nSPS) is 21.6. The molecule has 4 nitrogen and oxygen atoms in total. The second-order valence-electron chi connectivity index (χ2n) is 6.40. The van der Waals surface area contributed by atoms with Crippen molar-refractivity contribution in [3.63, 3.8) is 0 Å². The van der Waals surface area contributed by atoms with Crippen LogP contribution in [0.25, 0.3) is 0 Å². The molecule has 0 bridgehead atoms. The molecule has 0 radical (unpaired) electrons. The van der Waals surface area contributed by atoms with Crippen LogP contribution in [0.4, 0.5) is 0 Å². The zero-order valence-electron chi connectivity index (χ0n) is 12.7. The van der Waals surface area contributed by atoms with Gasteiger partial charge in [-0.05, 0) is 62.0 Å². The predicted octanol–water partition coefficient (Wildman–Crippen LogP) is 2.05. The number of piperidine rings is 1. The molecule has 4 heteroatoms. The van der Waals surface area contributed by atoms with E-state index in [0.717, 1.165) is 19.6 Å². The van der Waals surface area contributed by atoms with Gasteiger partial charge in [0.2, 0.25) is 0 Å². The van der Waals surface area contributed by atoms with Gasteiger partial charge in [-0.3, -0.25) is 4.90 Å². The van der Waals surface area contributed by atoms with Gasteiger partial charge in [-0.2, -0.15) is 0 Å². The lowest BCUT2D eigenvalue weighted by Gasteiger charge is -2.34. The van der Waals surface area contributed by atoms with Crippen molar-refractivity contribution in [2.24, 2.45) is 5.41 Å². The third-order valence-electron chi connectivity index (χ3n) is 4.94. The number of nitrogens with zero attached hydrogens (tertiary/aromatic N) is 1. The summed E-state index contributed by atoms with van der Waals surface area (Å²) in [4.78, 5) is 14.1. The minimum absolute atomic E-state index is 0.256. The molecule has 2 heterocycles. The first-order chi connectivity index (χ1) is 10.2. The Morgan fingerprint density at radius 3 is 2.90 bits per heavy atom. The molecule has 0 aliphatic carbocycles. The molecule has 2 aliphatic rings. The van der Waals surface area contributed by atoms with E-state index in [9.17, 15) is 4.79 Å². The van der Waals surface area contributed by atoms with Crippen LogP contribution < -0.4 is 5.32 Å². The van der Waals surface area contributed by atoms with E-state index in [0.29, 0.717) is 11.0 Å². The summed E-state index contributed by atoms with van der Waals surface area (Å²) in [7, 11) is 1.43. The zero-order valence-corrected chi connectivity index (χ0v) is 12.7. The number of likely N-dealkylation sites (tertiary alicyclic amines) is 1. The molecule has 2 aliphatic heterocycles. The number of methoxy groups -OCH3 is 1. The topological polar surface area (TPSA) is 41.6 Å². The van der Waals surface area contributed by atoms with Crippen molar-refractivity contribution in [1.29, 1.82) is 0 Å². The quantitative estimate of drug-likeness (QED) is 0.864. The largest absolute Gasteiger partial charge is 0.465 e. The summed E-state index contributed by atoms with van der Waals surface area (Å²) in [6, 6.07) is 7.81. The molecule has 0 unspecified atom stereocenters. The Kier molecular flexibility index (Phi) is 4.27. The van der Waals surface area contributed by atoms with Crippen molar-refractivity contribution in [3.8, 4) is 0 Å². The molecule has 2 fully saturated rings. The van der Waals surface area contributed by atoms with E-state index >= 15 is 0 Å². The Morgan fingerprint density at radius 1 is 1.33 bits per heavy atom. The highest BCUT2D eigenvalue weighted by molar-refractivity contribution is 5.89. The molecule has 0 aromatic heterocycles. The Balaban J connectivity index is 1.63. The third-order valence-corrected chi connectivity index (χ3v) is 4.94. The first-order valence-electron chi connectivity index (χ1n) is 7.81. The zero-order chi connectivity index (χ0) is 14.7. The van der Waals surface area contributed by atoms with Crippen molar-refractivity contribution in [2.45, 2.75) is 25.8 Å². The maximum atomic E-state index is 11.6. The minimum Gasteiger partial charge on any atom is -0.465 e. The number of hydrogen-bond acceptors (Lipinski definition) is 4. The van der Waals surface area contributed by atoms with Crippen LogP contribution in [0.5, 0.6) is 0 Å². The van der Waals surface area contributed by atoms with Gasteiger partial charge in [0, 0.05) is 13.1 Å². The summed E-state index contributed by atoms with van der Waals surface area (Å²) in [6.07, 6.45) is 3.91. The van der Waals surface area contributed by atoms with Crippen molar-refractivity contribution >= 4 is 5.97 Å². The summed E-state index contributed by atoms with van der Waals surface area (Å²) >= 11 is 0. The minimum atomic E-state index is -0.256. The Morgan fingerprint density at radius 2 is 2.14 bits per heavy atom. The molecule has 0 saturated carbocycles. The van der Waals surface area contributed by atoms with Crippen molar-refractivity contribution in [1.82, 2.24) is 10.2 Å². The van der Waals surface area contributed by atoms with E-state index in [2.05, 4.69) is 16.3 Å². The maximum Gasteiger partial charge on any atom is 0.337 e. The lowest BCUT2D eigenvalue weighted by atomic mass is 9.78. The number of hydrogen-bond donors (Lipinski definition) is 1. The molecule has 1 N–H and O–H groups in total. The summed E-state index contributed by atoms with van der Waals surface area (Å²) < 4.78 is 4.79. The molecule has 3 rings (SSSR count). The van der Waals surface area contributed by atoms with Crippen LogP contribution in [0, 0.1) is 5.41 Å². The van der Waals surface area contributed by atoms with E-state index < -0.39 is 0 Å². The van der Waals surface area contributed by atoms with Crippen LogP contribution in [0.2, 0.25) is 0 Å². The van der Waals surface area contributed by atoms with Crippen LogP contribution in [0.1, 0.15) is 35.2 Å². The van der Waals surface area contributed by atoms with E-state index in [1.54, 1.807) is 0 Å². The fourth-order valence-electron chi connectivity index (χ4n) is 3.70. The molecule has 0 atom stereocenters. The first-order valence-corrected chi connectivity index (χ1v) is 7.81. The van der Waals surface area contributed by atoms with Gasteiger partial charge in [0.1, 0.15) is 0 Å². The van der Waals surface area contributed by atoms with Crippen molar-refractivity contribution in [2.75, 3.05) is 33.3 Å². The number of ether oxygens (including phenoxy) is 1. The standard InChI is InChI=1S/C17H24N2O2/c1-21-16(20)15-4-2-3-14(11-15)12-19-10-7-17(13-19)5-8-18-9-6-17/h2-4,11,18H,5-10,12-13H2,1H3. The fourth-order valence-corrected chi connectivity index (χ4v) is 3.70. The van der Waals surface area contributed by atoms with Gasteiger partial charge in [0.15, 0.2) is 0 Å². The van der Waals surface area contributed by atoms with Gasteiger partial charge >= 0.3 is 5.97 Å². The summed E-state index contributed by atoms with van der Waals surface area (Å²) in [5.41, 5.74) is 2.38. The average Bonchev–Trinajstić information content (AvgIpc) is 2.89. The second kappa shape index (κ2) is 6.16. The highest BCUT2D eigenvalue weighted by Gasteiger charge is 2.38. The fraction of sp³-hybridized carbons (Fsp3) is 0.588. The number of rotatable bonds is 3. The molecule has 2 saturated heterocycles. The second-order valence-corrected chi connectivity index (χ2v) is 6.40. The average molecular weight is 288 g/mol. The molecule has 0 amide bonds. The molecular weight excluding hydrogens is 264 g/mol. The van der Waals surface area contributed by atoms with Crippen LogP contribution in [-0.4, -0.2) is 44.2 Å². The Labute approximate surface area is 126 Å². The van der Waals surface area contributed by atoms with E-state index in [4.69, 9.17) is 4.74 Å². The van der Waals surface area contributed by atoms with Gasteiger partial charge in [-0.25, -0.2) is 4.79 Å². The van der Waals surface area contributed by atoms with Gasteiger partial charge in [0.05, 0.1) is 12.7 Å². The third kappa shape index (κ3) is 3.27. The number of nitrogens with one attached hydrogen (secondary N) is 1. The molecule has 114 valence electrons. The lowest BCUT2D eigenvalue weighted by Crippen LogP contribution is -2.38. The molecule has 21 heavy (non-hydrogen) atoms. The van der Waals surface area contributed by atoms with Crippen molar-refractivity contribution in [3.05, 3.63) is 35.4 Å². The Bertz CT molecular complexity index is 509. The van der Waals surface area contributed by atoms with Crippen LogP contribution in [0.15, 0.2) is 24.3 Å².